The highest BCUT2D eigenvalue weighted by Crippen LogP contribution is 2.68. The third kappa shape index (κ3) is 2.92. The predicted molar refractivity (Wildman–Crippen MR) is 116 cm³/mol. The van der Waals surface area contributed by atoms with Crippen LogP contribution in [0.2, 0.25) is 0 Å². The lowest BCUT2D eigenvalue weighted by atomic mass is 9.44. The SMILES string of the molecule is C[C@@]12CC[C@H](O)C[C@@H]1CC[C@@H]1[C@H]3CC[C@](O)(C#Cc4ccccc4)[C@@]3(C)CC[C@@H]12. The molecule has 4 aliphatic rings. The summed E-state index contributed by atoms with van der Waals surface area (Å²) in [7, 11) is 0. The van der Waals surface area contributed by atoms with Gasteiger partial charge in [0.25, 0.3) is 0 Å². The third-order valence-corrected chi connectivity index (χ3v) is 9.98. The Bertz CT molecular complexity index is 822. The summed E-state index contributed by atoms with van der Waals surface area (Å²) in [5.74, 6) is 9.40. The summed E-state index contributed by atoms with van der Waals surface area (Å²) in [5.41, 5.74) is 0.433. The molecular formula is C27H36O2. The molecule has 0 heterocycles. The van der Waals surface area contributed by atoms with Crippen LogP contribution in [0.15, 0.2) is 30.3 Å². The van der Waals surface area contributed by atoms with Crippen molar-refractivity contribution in [2.45, 2.75) is 83.3 Å². The van der Waals surface area contributed by atoms with Crippen molar-refractivity contribution < 1.29 is 10.2 Å². The van der Waals surface area contributed by atoms with E-state index < -0.39 is 5.60 Å². The van der Waals surface area contributed by atoms with Gasteiger partial charge in [-0.2, -0.15) is 0 Å². The van der Waals surface area contributed by atoms with E-state index in [1.165, 1.54) is 25.7 Å². The number of rotatable bonds is 0. The Morgan fingerprint density at radius 3 is 2.45 bits per heavy atom. The van der Waals surface area contributed by atoms with Crippen molar-refractivity contribution in [3.8, 4) is 11.8 Å². The van der Waals surface area contributed by atoms with Crippen LogP contribution in [0.3, 0.4) is 0 Å². The molecule has 4 aliphatic carbocycles. The van der Waals surface area contributed by atoms with Gasteiger partial charge in [-0.3, -0.25) is 0 Å². The van der Waals surface area contributed by atoms with Gasteiger partial charge >= 0.3 is 0 Å². The van der Waals surface area contributed by atoms with Crippen LogP contribution in [0, 0.1) is 46.3 Å². The maximum atomic E-state index is 11.7. The zero-order valence-electron chi connectivity index (χ0n) is 18.0. The Labute approximate surface area is 176 Å². The molecule has 0 unspecified atom stereocenters. The molecule has 0 spiro atoms. The first-order valence-corrected chi connectivity index (χ1v) is 11.8. The molecular weight excluding hydrogens is 356 g/mol. The van der Waals surface area contributed by atoms with E-state index in [2.05, 4.69) is 25.7 Å². The molecule has 4 fully saturated rings. The smallest absolute Gasteiger partial charge is 0.131 e. The Hall–Kier alpha value is -1.30. The highest BCUT2D eigenvalue weighted by molar-refractivity contribution is 5.38. The molecule has 2 N–H and O–H groups in total. The van der Waals surface area contributed by atoms with Gasteiger partial charge in [0.15, 0.2) is 0 Å². The fourth-order valence-corrected chi connectivity index (χ4v) is 8.15. The van der Waals surface area contributed by atoms with Crippen LogP contribution < -0.4 is 0 Å². The number of aliphatic hydroxyl groups is 2. The fraction of sp³-hybridized carbons (Fsp3) is 0.704. The van der Waals surface area contributed by atoms with Crippen molar-refractivity contribution in [1.29, 1.82) is 0 Å². The Kier molecular flexibility index (Phi) is 4.65. The molecule has 1 aromatic rings. The molecule has 2 nitrogen and oxygen atoms in total. The van der Waals surface area contributed by atoms with Gasteiger partial charge in [-0.05, 0) is 99.0 Å². The van der Waals surface area contributed by atoms with Crippen molar-refractivity contribution >= 4 is 0 Å². The van der Waals surface area contributed by atoms with E-state index in [-0.39, 0.29) is 11.5 Å². The summed E-state index contributed by atoms with van der Waals surface area (Å²) in [6, 6.07) is 10.1. The van der Waals surface area contributed by atoms with Gasteiger partial charge in [0.05, 0.1) is 6.10 Å². The molecule has 0 saturated heterocycles. The van der Waals surface area contributed by atoms with Crippen LogP contribution in [0.1, 0.15) is 77.2 Å². The number of fused-ring (bicyclic) bond motifs is 5. The Morgan fingerprint density at radius 2 is 1.66 bits per heavy atom. The van der Waals surface area contributed by atoms with Crippen molar-refractivity contribution in [3.05, 3.63) is 35.9 Å². The lowest BCUT2D eigenvalue weighted by Crippen LogP contribution is -2.56. The predicted octanol–water partition coefficient (Wildman–Crippen LogP) is 5.17. The molecule has 2 heteroatoms. The van der Waals surface area contributed by atoms with Crippen molar-refractivity contribution in [1.82, 2.24) is 0 Å². The molecule has 156 valence electrons. The van der Waals surface area contributed by atoms with Gasteiger partial charge in [0.2, 0.25) is 0 Å². The maximum absolute atomic E-state index is 11.7. The topological polar surface area (TPSA) is 40.5 Å². The van der Waals surface area contributed by atoms with E-state index in [1.54, 1.807) is 0 Å². The molecule has 4 saturated carbocycles. The molecule has 0 aromatic heterocycles. The summed E-state index contributed by atoms with van der Waals surface area (Å²) < 4.78 is 0. The maximum Gasteiger partial charge on any atom is 0.131 e. The Morgan fingerprint density at radius 1 is 0.897 bits per heavy atom. The van der Waals surface area contributed by atoms with Gasteiger partial charge < -0.3 is 10.2 Å². The summed E-state index contributed by atoms with van der Waals surface area (Å²) in [6.07, 6.45) is 9.86. The second kappa shape index (κ2) is 6.86. The van der Waals surface area contributed by atoms with Crippen LogP contribution in [-0.4, -0.2) is 21.9 Å². The average Bonchev–Trinajstić information content (AvgIpc) is 2.99. The van der Waals surface area contributed by atoms with Gasteiger partial charge in [0, 0.05) is 11.0 Å². The highest BCUT2D eigenvalue weighted by atomic mass is 16.3. The van der Waals surface area contributed by atoms with Crippen LogP contribution in [-0.2, 0) is 0 Å². The fourth-order valence-electron chi connectivity index (χ4n) is 8.15. The van der Waals surface area contributed by atoms with Crippen LogP contribution in [0.4, 0.5) is 0 Å². The van der Waals surface area contributed by atoms with Crippen LogP contribution in [0.5, 0.6) is 0 Å². The van der Waals surface area contributed by atoms with E-state index >= 15 is 0 Å². The van der Waals surface area contributed by atoms with Crippen LogP contribution >= 0.6 is 0 Å². The van der Waals surface area contributed by atoms with E-state index in [1.807, 2.05) is 30.3 Å². The Balaban J connectivity index is 1.42. The van der Waals surface area contributed by atoms with Crippen molar-refractivity contribution in [2.75, 3.05) is 0 Å². The van der Waals surface area contributed by atoms with E-state index in [0.29, 0.717) is 17.3 Å². The molecule has 0 amide bonds. The molecule has 0 bridgehead atoms. The quantitative estimate of drug-likeness (QED) is 0.598. The first-order valence-electron chi connectivity index (χ1n) is 11.8. The van der Waals surface area contributed by atoms with E-state index in [9.17, 15) is 10.2 Å². The van der Waals surface area contributed by atoms with Crippen LogP contribution in [0.25, 0.3) is 0 Å². The van der Waals surface area contributed by atoms with Gasteiger partial charge in [0.1, 0.15) is 5.60 Å². The second-order valence-electron chi connectivity index (χ2n) is 11.1. The minimum absolute atomic E-state index is 0.0803. The van der Waals surface area contributed by atoms with E-state index in [0.717, 1.165) is 49.5 Å². The number of benzene rings is 1. The van der Waals surface area contributed by atoms with Crippen molar-refractivity contribution in [3.63, 3.8) is 0 Å². The van der Waals surface area contributed by atoms with Gasteiger partial charge in [-0.15, -0.1) is 0 Å². The minimum Gasteiger partial charge on any atom is -0.393 e. The van der Waals surface area contributed by atoms with Gasteiger partial charge in [-0.1, -0.05) is 43.9 Å². The first-order chi connectivity index (χ1) is 13.9. The molecule has 29 heavy (non-hydrogen) atoms. The van der Waals surface area contributed by atoms with E-state index in [4.69, 9.17) is 0 Å². The lowest BCUT2D eigenvalue weighted by molar-refractivity contribution is -0.144. The van der Waals surface area contributed by atoms with Crippen molar-refractivity contribution in [2.24, 2.45) is 34.5 Å². The zero-order chi connectivity index (χ0) is 20.3. The molecule has 0 aliphatic heterocycles. The molecule has 8 atom stereocenters. The largest absolute Gasteiger partial charge is 0.393 e. The minimum atomic E-state index is -0.862. The second-order valence-corrected chi connectivity index (χ2v) is 11.1. The highest BCUT2D eigenvalue weighted by Gasteiger charge is 2.64. The number of hydrogen-bond donors (Lipinski definition) is 2. The number of aliphatic hydroxyl groups excluding tert-OH is 1. The average molecular weight is 393 g/mol. The molecule has 5 rings (SSSR count). The summed E-state index contributed by atoms with van der Waals surface area (Å²) in [5, 5.41) is 21.9. The summed E-state index contributed by atoms with van der Waals surface area (Å²) in [4.78, 5) is 0. The summed E-state index contributed by atoms with van der Waals surface area (Å²) in [6.45, 7) is 4.86. The first kappa shape index (κ1) is 19.7. The van der Waals surface area contributed by atoms with Gasteiger partial charge in [-0.25, -0.2) is 0 Å². The number of hydrogen-bond acceptors (Lipinski definition) is 2. The summed E-state index contributed by atoms with van der Waals surface area (Å²) >= 11 is 0. The molecule has 1 aromatic carbocycles. The zero-order valence-corrected chi connectivity index (χ0v) is 18.0. The lowest BCUT2D eigenvalue weighted by Gasteiger charge is -2.61. The standard InChI is InChI=1S/C27H36O2/c1-25-14-11-21(28)18-20(25)8-9-22-23(25)12-15-26(2)24(22)13-17-27(26,29)16-10-19-6-4-3-5-7-19/h3-7,20-24,28-29H,8-9,11-15,17-18H2,1-2H3/t20-,21-,22-,23-,24+,25+,26-,27+/m0/s1. The third-order valence-electron chi connectivity index (χ3n) is 9.98. The normalized spacial score (nSPS) is 48.6. The molecule has 0 radical (unpaired) electrons. The monoisotopic (exact) mass is 392 g/mol.